The van der Waals surface area contributed by atoms with Crippen molar-refractivity contribution in [2.45, 2.75) is 4.90 Å². The number of hydrogen-bond acceptors (Lipinski definition) is 7. The smallest absolute Gasteiger partial charge is 0.857 e. The summed E-state index contributed by atoms with van der Waals surface area (Å²) >= 11 is 0. The Hall–Kier alpha value is -2.55. The van der Waals surface area contributed by atoms with E-state index in [1.54, 1.807) is 36.4 Å². The summed E-state index contributed by atoms with van der Waals surface area (Å²) in [4.78, 5) is -0.296. The summed E-state index contributed by atoms with van der Waals surface area (Å²) < 4.78 is 32.0. The van der Waals surface area contributed by atoms with Crippen molar-refractivity contribution in [3.63, 3.8) is 0 Å². The topological polar surface area (TPSA) is 144 Å². The van der Waals surface area contributed by atoms with Crippen molar-refractivity contribution in [3.05, 3.63) is 60.3 Å². The minimum Gasteiger partial charge on any atom is -0.857 e. The average molecular weight is 391 g/mol. The normalized spacial score (nSPS) is 11.1. The average Bonchev–Trinajstić information content (AvgIpc) is 2.96. The van der Waals surface area contributed by atoms with Crippen LogP contribution in [0, 0.1) is 11.3 Å². The molecule has 0 radical (unpaired) electrons. The number of benzene rings is 2. The van der Waals surface area contributed by atoms with Gasteiger partial charge in [0.25, 0.3) is 10.1 Å². The molecule has 0 unspecified atom stereocenters. The van der Waals surface area contributed by atoms with Gasteiger partial charge in [-0.2, -0.15) is 23.9 Å². The van der Waals surface area contributed by atoms with E-state index in [1.165, 1.54) is 12.1 Å². The molecule has 1 aromatic heterocycles. The van der Waals surface area contributed by atoms with Crippen LogP contribution in [-0.4, -0.2) is 22.8 Å². The third-order valence-corrected chi connectivity index (χ3v) is 4.19. The molecular formula is C16H10N5NaO4S. The molecule has 2 aromatic carbocycles. The quantitative estimate of drug-likeness (QED) is 0.360. The molecule has 11 heteroatoms. The van der Waals surface area contributed by atoms with Crippen LogP contribution in [-0.2, 0) is 10.1 Å². The molecule has 0 saturated carbocycles. The summed E-state index contributed by atoms with van der Waals surface area (Å²) in [7, 11) is -4.31. The fourth-order valence-electron chi connectivity index (χ4n) is 2.10. The Morgan fingerprint density at radius 1 is 1.07 bits per heavy atom. The molecule has 0 spiro atoms. The van der Waals surface area contributed by atoms with Crippen molar-refractivity contribution < 1.29 is 47.6 Å². The third-order valence-electron chi connectivity index (χ3n) is 3.33. The number of nitrogens with zero attached hydrogens (tertiary/aromatic N) is 5. The zero-order chi connectivity index (χ0) is 18.7. The Bertz CT molecular complexity index is 1120. The van der Waals surface area contributed by atoms with Gasteiger partial charge in [0.1, 0.15) is 11.8 Å². The van der Waals surface area contributed by atoms with Crippen LogP contribution in [0.25, 0.3) is 5.69 Å². The number of aromatic nitrogens is 2. The fraction of sp³-hybridized carbons (Fsp3) is 0. The van der Waals surface area contributed by atoms with Crippen molar-refractivity contribution in [1.29, 1.82) is 5.26 Å². The maximum atomic E-state index is 12.4. The first-order chi connectivity index (χ1) is 12.4. The van der Waals surface area contributed by atoms with Crippen molar-refractivity contribution in [3.8, 4) is 17.6 Å². The Labute approximate surface area is 176 Å². The zero-order valence-electron chi connectivity index (χ0n) is 14.0. The largest absolute Gasteiger partial charge is 1.00 e. The van der Waals surface area contributed by atoms with Crippen LogP contribution >= 0.6 is 0 Å². The number of hydrogen-bond donors (Lipinski definition) is 1. The van der Waals surface area contributed by atoms with E-state index in [1.807, 2.05) is 0 Å². The van der Waals surface area contributed by atoms with Gasteiger partial charge in [-0.3, -0.25) is 4.55 Å². The standard InChI is InChI=1S/C16H11N5O4S.Na/c17-10-14-15(16(22)21(20-14)12-4-2-1-3-5-12)19-18-11-6-8-13(9-7-11)26(23,24)25;/h1-9,22H,(H,23,24,25);/q;+1/p-1. The van der Waals surface area contributed by atoms with E-state index in [9.17, 15) is 13.5 Å². The molecule has 0 amide bonds. The molecule has 27 heavy (non-hydrogen) atoms. The molecule has 0 aliphatic carbocycles. The van der Waals surface area contributed by atoms with Gasteiger partial charge in [0, 0.05) is 5.88 Å². The Morgan fingerprint density at radius 3 is 2.26 bits per heavy atom. The first kappa shape index (κ1) is 20.8. The van der Waals surface area contributed by atoms with Crippen LogP contribution in [0.1, 0.15) is 5.69 Å². The zero-order valence-corrected chi connectivity index (χ0v) is 16.8. The van der Waals surface area contributed by atoms with Crippen LogP contribution in [0.2, 0.25) is 0 Å². The predicted octanol–water partition coefficient (Wildman–Crippen LogP) is -0.516. The van der Waals surface area contributed by atoms with Gasteiger partial charge in [0.05, 0.1) is 16.3 Å². The number of para-hydroxylation sites is 1. The van der Waals surface area contributed by atoms with E-state index in [0.29, 0.717) is 5.69 Å². The maximum absolute atomic E-state index is 12.4. The van der Waals surface area contributed by atoms with Gasteiger partial charge in [0.15, 0.2) is 5.69 Å². The van der Waals surface area contributed by atoms with Gasteiger partial charge in [-0.25, -0.2) is 4.68 Å². The maximum Gasteiger partial charge on any atom is 1.00 e. The summed E-state index contributed by atoms with van der Waals surface area (Å²) in [5.74, 6) is -0.606. The van der Waals surface area contributed by atoms with Crippen molar-refractivity contribution in [2.75, 3.05) is 0 Å². The van der Waals surface area contributed by atoms with Gasteiger partial charge in [-0.15, -0.1) is 5.11 Å². The summed E-state index contributed by atoms with van der Waals surface area (Å²) in [5, 5.41) is 33.1. The molecule has 130 valence electrons. The van der Waals surface area contributed by atoms with Crippen LogP contribution in [0.3, 0.4) is 0 Å². The Kier molecular flexibility index (Phi) is 6.48. The molecule has 1 heterocycles. The number of rotatable bonds is 4. The summed E-state index contributed by atoms with van der Waals surface area (Å²) in [6.07, 6.45) is 0. The molecule has 3 aromatic rings. The fourth-order valence-corrected chi connectivity index (χ4v) is 2.58. The monoisotopic (exact) mass is 391 g/mol. The van der Waals surface area contributed by atoms with Gasteiger partial charge < -0.3 is 5.11 Å². The molecule has 0 aliphatic rings. The van der Waals surface area contributed by atoms with E-state index < -0.39 is 16.0 Å². The van der Waals surface area contributed by atoms with Gasteiger partial charge >= 0.3 is 29.6 Å². The Morgan fingerprint density at radius 2 is 1.70 bits per heavy atom. The van der Waals surface area contributed by atoms with E-state index in [4.69, 9.17) is 9.81 Å². The predicted molar refractivity (Wildman–Crippen MR) is 88.2 cm³/mol. The summed E-state index contributed by atoms with van der Waals surface area (Å²) in [5.41, 5.74) is 0.300. The van der Waals surface area contributed by atoms with Gasteiger partial charge in [-0.1, -0.05) is 18.2 Å². The van der Waals surface area contributed by atoms with Gasteiger partial charge in [-0.05, 0) is 36.4 Å². The SMILES string of the molecule is N#Cc1nn(-c2ccccc2)c([O-])c1N=Nc1ccc(S(=O)(=O)O)cc1.[Na+]. The van der Waals surface area contributed by atoms with E-state index in [2.05, 4.69) is 15.3 Å². The van der Waals surface area contributed by atoms with Gasteiger partial charge in [0.2, 0.25) is 0 Å². The first-order valence-corrected chi connectivity index (χ1v) is 8.59. The molecule has 0 saturated heterocycles. The summed E-state index contributed by atoms with van der Waals surface area (Å²) in [6, 6.07) is 15.2. The minimum absolute atomic E-state index is 0. The van der Waals surface area contributed by atoms with Crippen LogP contribution < -0.4 is 34.7 Å². The molecule has 9 nitrogen and oxygen atoms in total. The Balaban J connectivity index is 0.00000261. The van der Waals surface area contributed by atoms with Crippen molar-refractivity contribution >= 4 is 21.5 Å². The number of azo groups is 1. The second kappa shape index (κ2) is 8.43. The van der Waals surface area contributed by atoms with Crippen LogP contribution in [0.4, 0.5) is 11.4 Å². The second-order valence-corrected chi connectivity index (χ2v) is 6.45. The minimum atomic E-state index is -4.31. The van der Waals surface area contributed by atoms with E-state index in [-0.39, 0.29) is 51.5 Å². The molecular weight excluding hydrogens is 381 g/mol. The molecule has 0 bridgehead atoms. The third kappa shape index (κ3) is 4.60. The van der Waals surface area contributed by atoms with Crippen molar-refractivity contribution in [2.24, 2.45) is 10.2 Å². The summed E-state index contributed by atoms with van der Waals surface area (Å²) in [6.45, 7) is 0. The molecule has 3 rings (SSSR count). The van der Waals surface area contributed by atoms with E-state index in [0.717, 1.165) is 16.8 Å². The number of nitriles is 1. The molecule has 0 fully saturated rings. The molecule has 0 aliphatic heterocycles. The first-order valence-electron chi connectivity index (χ1n) is 7.15. The van der Waals surface area contributed by atoms with Crippen LogP contribution in [0.15, 0.2) is 69.7 Å². The second-order valence-electron chi connectivity index (χ2n) is 5.03. The van der Waals surface area contributed by atoms with E-state index >= 15 is 0 Å². The van der Waals surface area contributed by atoms with Crippen molar-refractivity contribution in [1.82, 2.24) is 9.78 Å². The molecule has 1 N–H and O–H groups in total. The van der Waals surface area contributed by atoms with Crippen LogP contribution in [0.5, 0.6) is 5.88 Å². The molecule has 0 atom stereocenters.